The highest BCUT2D eigenvalue weighted by molar-refractivity contribution is 5.64. The number of hydrogen-bond acceptors (Lipinski definition) is 3. The number of aromatic nitrogens is 4. The van der Waals surface area contributed by atoms with Crippen molar-refractivity contribution in [1.29, 1.82) is 0 Å². The fourth-order valence-corrected chi connectivity index (χ4v) is 1.75. The average molecular weight is 238 g/mol. The van der Waals surface area contributed by atoms with E-state index in [-0.39, 0.29) is 5.69 Å². The van der Waals surface area contributed by atoms with Gasteiger partial charge < -0.3 is 4.98 Å². The Morgan fingerprint density at radius 2 is 2.11 bits per heavy atom. The van der Waals surface area contributed by atoms with Crippen LogP contribution in [0.2, 0.25) is 0 Å². The van der Waals surface area contributed by atoms with Crippen LogP contribution in [0.3, 0.4) is 0 Å². The summed E-state index contributed by atoms with van der Waals surface area (Å²) in [4.78, 5) is 17.2. The molecule has 2 aromatic heterocycles. The molecule has 3 rings (SSSR count). The summed E-state index contributed by atoms with van der Waals surface area (Å²) in [6.07, 6.45) is 6.82. The molecule has 0 saturated carbocycles. The molecule has 0 atom stereocenters. The first-order valence-corrected chi connectivity index (χ1v) is 5.48. The van der Waals surface area contributed by atoms with Crippen molar-refractivity contribution in [3.63, 3.8) is 0 Å². The van der Waals surface area contributed by atoms with Gasteiger partial charge in [-0.05, 0) is 23.8 Å². The molecule has 0 aliphatic carbocycles. The maximum Gasteiger partial charge on any atom is 0.344 e. The monoisotopic (exact) mass is 238 g/mol. The van der Waals surface area contributed by atoms with Crippen LogP contribution < -0.4 is 5.69 Å². The Morgan fingerprint density at radius 1 is 1.17 bits per heavy atom. The van der Waals surface area contributed by atoms with E-state index in [1.807, 2.05) is 36.5 Å². The van der Waals surface area contributed by atoms with Crippen molar-refractivity contribution in [1.82, 2.24) is 19.7 Å². The van der Waals surface area contributed by atoms with Crippen LogP contribution in [0, 0.1) is 0 Å². The summed E-state index contributed by atoms with van der Waals surface area (Å²) < 4.78 is 1.78. The van der Waals surface area contributed by atoms with Gasteiger partial charge >= 0.3 is 5.69 Å². The maximum atomic E-state index is 10.9. The highest BCUT2D eigenvalue weighted by Crippen LogP contribution is 2.19. The van der Waals surface area contributed by atoms with Crippen molar-refractivity contribution in [2.75, 3.05) is 0 Å². The van der Waals surface area contributed by atoms with Gasteiger partial charge in [-0.15, -0.1) is 0 Å². The van der Waals surface area contributed by atoms with Gasteiger partial charge in [0.05, 0.1) is 5.69 Å². The molecule has 88 valence electrons. The van der Waals surface area contributed by atoms with E-state index in [1.165, 1.54) is 0 Å². The first-order chi connectivity index (χ1) is 8.83. The van der Waals surface area contributed by atoms with Crippen molar-refractivity contribution in [3.8, 4) is 16.8 Å². The molecular formula is C13H10N4O. The Bertz CT molecular complexity index is 695. The number of nitrogens with one attached hydrogen (secondary N) is 1. The zero-order valence-corrected chi connectivity index (χ0v) is 9.45. The lowest BCUT2D eigenvalue weighted by molar-refractivity contribution is 0.881. The van der Waals surface area contributed by atoms with E-state index in [4.69, 9.17) is 0 Å². The molecule has 1 aromatic carbocycles. The number of aromatic amines is 1. The summed E-state index contributed by atoms with van der Waals surface area (Å²) in [5, 5.41) is 4.18. The minimum atomic E-state index is -0.345. The second-order valence-corrected chi connectivity index (χ2v) is 3.81. The Kier molecular flexibility index (Phi) is 2.49. The molecule has 3 aromatic rings. The van der Waals surface area contributed by atoms with Crippen LogP contribution >= 0.6 is 0 Å². The highest BCUT2D eigenvalue weighted by atomic mass is 16.1. The highest BCUT2D eigenvalue weighted by Gasteiger charge is 2.01. The van der Waals surface area contributed by atoms with Crippen LogP contribution in [0.5, 0.6) is 0 Å². The van der Waals surface area contributed by atoms with Crippen molar-refractivity contribution in [3.05, 3.63) is 65.6 Å². The normalized spacial score (nSPS) is 10.4. The molecule has 0 unspecified atom stereocenters. The van der Waals surface area contributed by atoms with Crippen molar-refractivity contribution in [2.24, 2.45) is 0 Å². The van der Waals surface area contributed by atoms with Gasteiger partial charge in [-0.25, -0.2) is 14.5 Å². The number of H-pyrrole nitrogens is 1. The number of hydrogen-bond donors (Lipinski definition) is 1. The van der Waals surface area contributed by atoms with Crippen LogP contribution in [0.1, 0.15) is 0 Å². The molecule has 0 spiro atoms. The average Bonchev–Trinajstić information content (AvgIpc) is 2.94. The summed E-state index contributed by atoms with van der Waals surface area (Å²) >= 11 is 0. The largest absolute Gasteiger partial charge is 0.344 e. The van der Waals surface area contributed by atoms with Gasteiger partial charge in [0.2, 0.25) is 0 Å². The third-order valence-electron chi connectivity index (χ3n) is 2.62. The predicted molar refractivity (Wildman–Crippen MR) is 67.4 cm³/mol. The molecule has 0 radical (unpaired) electrons. The van der Waals surface area contributed by atoms with Gasteiger partial charge in [0.25, 0.3) is 0 Å². The second kappa shape index (κ2) is 4.29. The molecule has 5 nitrogen and oxygen atoms in total. The zero-order valence-electron chi connectivity index (χ0n) is 9.45. The first kappa shape index (κ1) is 10.5. The minimum absolute atomic E-state index is 0.345. The van der Waals surface area contributed by atoms with Gasteiger partial charge in [-0.3, -0.25) is 0 Å². The molecule has 5 heteroatoms. The molecule has 0 fully saturated rings. The lowest BCUT2D eigenvalue weighted by atomic mass is 10.1. The lowest BCUT2D eigenvalue weighted by Crippen LogP contribution is -2.07. The van der Waals surface area contributed by atoms with Crippen molar-refractivity contribution < 1.29 is 0 Å². The van der Waals surface area contributed by atoms with E-state index in [0.717, 1.165) is 16.8 Å². The molecule has 0 aliphatic rings. The van der Waals surface area contributed by atoms with E-state index < -0.39 is 0 Å². The Hall–Kier alpha value is -2.69. The fraction of sp³-hybridized carbons (Fsp3) is 0. The van der Waals surface area contributed by atoms with E-state index in [0.29, 0.717) is 0 Å². The Morgan fingerprint density at radius 3 is 2.83 bits per heavy atom. The van der Waals surface area contributed by atoms with Crippen LogP contribution in [-0.2, 0) is 0 Å². The van der Waals surface area contributed by atoms with Crippen molar-refractivity contribution >= 4 is 0 Å². The van der Waals surface area contributed by atoms with Crippen LogP contribution in [0.4, 0.5) is 0 Å². The minimum Gasteiger partial charge on any atom is -0.312 e. The first-order valence-electron chi connectivity index (χ1n) is 5.48. The number of benzene rings is 1. The SMILES string of the molecule is O=c1ncc(-c2cccc(-n3cccn3)c2)c[nH]1. The van der Waals surface area contributed by atoms with Crippen LogP contribution in [0.25, 0.3) is 16.8 Å². The fourth-order valence-electron chi connectivity index (χ4n) is 1.75. The van der Waals surface area contributed by atoms with Crippen LogP contribution in [0.15, 0.2) is 59.9 Å². The molecule has 0 saturated heterocycles. The molecule has 18 heavy (non-hydrogen) atoms. The summed E-state index contributed by atoms with van der Waals surface area (Å²) in [5.41, 5.74) is 2.46. The van der Waals surface area contributed by atoms with Gasteiger partial charge in [-0.1, -0.05) is 12.1 Å². The maximum absolute atomic E-state index is 10.9. The molecule has 2 heterocycles. The Balaban J connectivity index is 2.06. The van der Waals surface area contributed by atoms with E-state index in [9.17, 15) is 4.79 Å². The van der Waals surface area contributed by atoms with Gasteiger partial charge in [-0.2, -0.15) is 5.10 Å². The van der Waals surface area contributed by atoms with Gasteiger partial charge in [0.1, 0.15) is 0 Å². The smallest absolute Gasteiger partial charge is 0.312 e. The molecule has 0 aliphatic heterocycles. The van der Waals surface area contributed by atoms with Crippen LogP contribution in [-0.4, -0.2) is 19.7 Å². The summed E-state index contributed by atoms with van der Waals surface area (Å²) in [5.74, 6) is 0. The second-order valence-electron chi connectivity index (χ2n) is 3.81. The molecular weight excluding hydrogens is 228 g/mol. The molecule has 1 N–H and O–H groups in total. The zero-order chi connectivity index (χ0) is 12.4. The molecule has 0 bridgehead atoms. The third kappa shape index (κ3) is 1.93. The van der Waals surface area contributed by atoms with E-state index >= 15 is 0 Å². The topological polar surface area (TPSA) is 63.6 Å². The lowest BCUT2D eigenvalue weighted by Gasteiger charge is -2.04. The van der Waals surface area contributed by atoms with Gasteiger partial charge in [0, 0.05) is 30.4 Å². The van der Waals surface area contributed by atoms with Gasteiger partial charge in [0.15, 0.2) is 0 Å². The number of rotatable bonds is 2. The predicted octanol–water partition coefficient (Wildman–Crippen LogP) is 1.62. The van der Waals surface area contributed by atoms with Crippen molar-refractivity contribution in [2.45, 2.75) is 0 Å². The number of nitrogens with zero attached hydrogens (tertiary/aromatic N) is 3. The Labute approximate surface area is 103 Å². The summed E-state index contributed by atoms with van der Waals surface area (Å²) in [6.45, 7) is 0. The quantitative estimate of drug-likeness (QED) is 0.738. The third-order valence-corrected chi connectivity index (χ3v) is 2.62. The standard InChI is InChI=1S/C13H10N4O/c18-13-14-8-11(9-15-13)10-3-1-4-12(7-10)17-6-2-5-16-17/h1-9H,(H,14,15,18). The van der Waals surface area contributed by atoms with E-state index in [1.54, 1.807) is 23.3 Å². The molecule has 0 amide bonds. The summed E-state index contributed by atoms with van der Waals surface area (Å²) in [7, 11) is 0. The summed E-state index contributed by atoms with van der Waals surface area (Å²) in [6, 6.07) is 9.73. The van der Waals surface area contributed by atoms with E-state index in [2.05, 4.69) is 15.1 Å².